The van der Waals surface area contributed by atoms with Crippen LogP contribution in [0.1, 0.15) is 43.5 Å². The van der Waals surface area contributed by atoms with Crippen LogP contribution >= 0.6 is 0 Å². The highest BCUT2D eigenvalue weighted by Gasteiger charge is 2.35. The SMILES string of the molecule is C[C@H](NC(=O)c1cncc(-c2cc(F)cc(F)c2)c1N1CC[C@](C)(N)C1)C1CC1. The van der Waals surface area contributed by atoms with Crippen LogP contribution in [0.15, 0.2) is 30.6 Å². The van der Waals surface area contributed by atoms with Gasteiger partial charge >= 0.3 is 0 Å². The summed E-state index contributed by atoms with van der Waals surface area (Å²) in [7, 11) is 0. The van der Waals surface area contributed by atoms with E-state index in [0.717, 1.165) is 25.3 Å². The number of hydrogen-bond donors (Lipinski definition) is 2. The maximum Gasteiger partial charge on any atom is 0.255 e. The molecule has 29 heavy (non-hydrogen) atoms. The average molecular weight is 400 g/mol. The zero-order chi connectivity index (χ0) is 20.8. The molecule has 1 aromatic heterocycles. The molecular formula is C22H26F2N4O. The van der Waals surface area contributed by atoms with Crippen LogP contribution in [0, 0.1) is 17.6 Å². The van der Waals surface area contributed by atoms with Crippen LogP contribution in [-0.4, -0.2) is 35.6 Å². The van der Waals surface area contributed by atoms with Crippen molar-refractivity contribution in [3.05, 3.63) is 47.8 Å². The number of aromatic nitrogens is 1. The van der Waals surface area contributed by atoms with Crippen molar-refractivity contribution in [2.75, 3.05) is 18.0 Å². The summed E-state index contributed by atoms with van der Waals surface area (Å²) in [6.07, 6.45) is 6.07. The van der Waals surface area contributed by atoms with Gasteiger partial charge in [0.2, 0.25) is 0 Å². The number of benzene rings is 1. The lowest BCUT2D eigenvalue weighted by Crippen LogP contribution is -2.40. The number of pyridine rings is 1. The predicted molar refractivity (Wildman–Crippen MR) is 109 cm³/mol. The molecule has 2 heterocycles. The normalized spacial score (nSPS) is 22.6. The van der Waals surface area contributed by atoms with E-state index < -0.39 is 17.2 Å². The minimum absolute atomic E-state index is 0.0731. The minimum atomic E-state index is -0.673. The summed E-state index contributed by atoms with van der Waals surface area (Å²) in [5.74, 6) is -1.06. The summed E-state index contributed by atoms with van der Waals surface area (Å²) in [6, 6.07) is 3.42. The topological polar surface area (TPSA) is 71.2 Å². The van der Waals surface area contributed by atoms with Gasteiger partial charge in [-0.15, -0.1) is 0 Å². The van der Waals surface area contributed by atoms with Gasteiger partial charge in [-0.05, 0) is 56.7 Å². The van der Waals surface area contributed by atoms with Crippen molar-refractivity contribution < 1.29 is 13.6 Å². The zero-order valence-corrected chi connectivity index (χ0v) is 16.7. The Morgan fingerprint density at radius 3 is 2.55 bits per heavy atom. The second-order valence-electron chi connectivity index (χ2n) is 8.67. The van der Waals surface area contributed by atoms with E-state index in [1.165, 1.54) is 18.3 Å². The van der Waals surface area contributed by atoms with Gasteiger partial charge in [-0.25, -0.2) is 8.78 Å². The Morgan fingerprint density at radius 2 is 1.97 bits per heavy atom. The Bertz CT molecular complexity index is 922. The highest BCUT2D eigenvalue weighted by Crippen LogP contribution is 2.38. The molecule has 1 aromatic carbocycles. The fourth-order valence-electron chi connectivity index (χ4n) is 4.06. The number of anilines is 1. The molecular weight excluding hydrogens is 374 g/mol. The molecule has 0 radical (unpaired) electrons. The number of amides is 1. The van der Waals surface area contributed by atoms with E-state index in [0.29, 0.717) is 41.4 Å². The molecule has 1 aliphatic carbocycles. The van der Waals surface area contributed by atoms with Crippen molar-refractivity contribution >= 4 is 11.6 Å². The fraction of sp³-hybridized carbons (Fsp3) is 0.455. The lowest BCUT2D eigenvalue weighted by atomic mass is 10.0. The molecule has 0 spiro atoms. The number of nitrogens with zero attached hydrogens (tertiary/aromatic N) is 2. The van der Waals surface area contributed by atoms with Crippen LogP contribution in [0.2, 0.25) is 0 Å². The monoisotopic (exact) mass is 400 g/mol. The van der Waals surface area contributed by atoms with Gasteiger partial charge in [-0.2, -0.15) is 0 Å². The van der Waals surface area contributed by atoms with Gasteiger partial charge in [-0.3, -0.25) is 9.78 Å². The first-order valence-corrected chi connectivity index (χ1v) is 10.0. The molecule has 1 saturated heterocycles. The van der Waals surface area contributed by atoms with Crippen LogP contribution in [-0.2, 0) is 0 Å². The van der Waals surface area contributed by atoms with Crippen molar-refractivity contribution in [3.8, 4) is 11.1 Å². The molecule has 2 fully saturated rings. The maximum atomic E-state index is 13.9. The smallest absolute Gasteiger partial charge is 0.255 e. The Morgan fingerprint density at radius 1 is 1.28 bits per heavy atom. The molecule has 7 heteroatoms. The van der Waals surface area contributed by atoms with E-state index in [1.54, 1.807) is 6.20 Å². The first-order chi connectivity index (χ1) is 13.7. The van der Waals surface area contributed by atoms with Crippen LogP contribution in [0.3, 0.4) is 0 Å². The summed E-state index contributed by atoms with van der Waals surface area (Å²) < 4.78 is 27.8. The van der Waals surface area contributed by atoms with Gasteiger partial charge in [-0.1, -0.05) is 0 Å². The molecule has 1 saturated carbocycles. The van der Waals surface area contributed by atoms with Crippen molar-refractivity contribution in [1.82, 2.24) is 10.3 Å². The number of hydrogen-bond acceptors (Lipinski definition) is 4. The van der Waals surface area contributed by atoms with Crippen LogP contribution in [0.25, 0.3) is 11.1 Å². The molecule has 0 bridgehead atoms. The van der Waals surface area contributed by atoms with Gasteiger partial charge in [0, 0.05) is 48.7 Å². The summed E-state index contributed by atoms with van der Waals surface area (Å²) >= 11 is 0. The van der Waals surface area contributed by atoms with Crippen molar-refractivity contribution in [3.63, 3.8) is 0 Å². The number of carbonyl (C=O) groups excluding carboxylic acids is 1. The minimum Gasteiger partial charge on any atom is -0.368 e. The largest absolute Gasteiger partial charge is 0.368 e. The van der Waals surface area contributed by atoms with Crippen LogP contribution < -0.4 is 16.0 Å². The van der Waals surface area contributed by atoms with Gasteiger partial charge < -0.3 is 16.0 Å². The van der Waals surface area contributed by atoms with E-state index in [2.05, 4.69) is 10.3 Å². The standard InChI is InChI=1S/C22H26F2N4O/c1-13(14-3-4-14)27-21(29)19-11-26-10-18(15-7-16(23)9-17(24)8-15)20(19)28-6-5-22(2,25)12-28/h7-11,13-14H,3-6,12,25H2,1-2H3,(H,27,29)/t13-,22-/m0/s1. The van der Waals surface area contributed by atoms with E-state index in [9.17, 15) is 13.6 Å². The first-order valence-electron chi connectivity index (χ1n) is 10.0. The van der Waals surface area contributed by atoms with Crippen molar-refractivity contribution in [2.24, 2.45) is 11.7 Å². The third-order valence-electron chi connectivity index (χ3n) is 5.84. The Balaban J connectivity index is 1.79. The summed E-state index contributed by atoms with van der Waals surface area (Å²) in [4.78, 5) is 19.3. The maximum absolute atomic E-state index is 13.9. The molecule has 2 aliphatic rings. The zero-order valence-electron chi connectivity index (χ0n) is 16.7. The second-order valence-corrected chi connectivity index (χ2v) is 8.67. The highest BCUT2D eigenvalue weighted by molar-refractivity contribution is 6.03. The fourth-order valence-corrected chi connectivity index (χ4v) is 4.06. The van der Waals surface area contributed by atoms with Gasteiger partial charge in [0.25, 0.3) is 5.91 Å². The lowest BCUT2D eigenvalue weighted by Gasteiger charge is -2.27. The molecule has 3 N–H and O–H groups in total. The number of rotatable bonds is 5. The van der Waals surface area contributed by atoms with Crippen molar-refractivity contribution in [1.29, 1.82) is 0 Å². The second kappa shape index (κ2) is 7.37. The Labute approximate surface area is 169 Å². The molecule has 1 aliphatic heterocycles. The predicted octanol–water partition coefficient (Wildman–Crippen LogP) is 3.48. The average Bonchev–Trinajstić information content (AvgIpc) is 3.43. The lowest BCUT2D eigenvalue weighted by molar-refractivity contribution is 0.0936. The van der Waals surface area contributed by atoms with Gasteiger partial charge in [0.15, 0.2) is 0 Å². The molecule has 2 atom stereocenters. The highest BCUT2D eigenvalue weighted by atomic mass is 19.1. The summed E-state index contributed by atoms with van der Waals surface area (Å²) in [5, 5.41) is 3.06. The third kappa shape index (κ3) is 4.24. The first kappa shape index (κ1) is 19.8. The van der Waals surface area contributed by atoms with E-state index >= 15 is 0 Å². The quantitative estimate of drug-likeness (QED) is 0.806. The number of carbonyl (C=O) groups is 1. The summed E-state index contributed by atoms with van der Waals surface area (Å²) in [6.45, 7) is 5.16. The van der Waals surface area contributed by atoms with E-state index in [1.807, 2.05) is 18.7 Å². The number of nitrogens with one attached hydrogen (secondary N) is 1. The van der Waals surface area contributed by atoms with E-state index in [4.69, 9.17) is 5.73 Å². The Hall–Kier alpha value is -2.54. The number of halogens is 2. The molecule has 4 rings (SSSR count). The third-order valence-corrected chi connectivity index (χ3v) is 5.84. The van der Waals surface area contributed by atoms with E-state index in [-0.39, 0.29) is 11.9 Å². The molecule has 2 aromatic rings. The molecule has 1 amide bonds. The van der Waals surface area contributed by atoms with Crippen LogP contribution in [0.4, 0.5) is 14.5 Å². The molecule has 5 nitrogen and oxygen atoms in total. The van der Waals surface area contributed by atoms with Crippen molar-refractivity contribution in [2.45, 2.75) is 44.7 Å². The molecule has 0 unspecified atom stereocenters. The number of nitrogens with two attached hydrogens (primary N) is 1. The van der Waals surface area contributed by atoms with Crippen LogP contribution in [0.5, 0.6) is 0 Å². The summed E-state index contributed by atoms with van der Waals surface area (Å²) in [5.41, 5.74) is 7.81. The Kier molecular flexibility index (Phi) is 5.02. The van der Waals surface area contributed by atoms with Gasteiger partial charge in [0.05, 0.1) is 11.3 Å². The molecule has 154 valence electrons. The van der Waals surface area contributed by atoms with Gasteiger partial charge in [0.1, 0.15) is 11.6 Å².